The third-order valence-corrected chi connectivity index (χ3v) is 4.84. The molecular weight excluding hydrogens is 353 g/mol. The summed E-state index contributed by atoms with van der Waals surface area (Å²) in [5, 5.41) is 0. The van der Waals surface area contributed by atoms with Crippen molar-refractivity contribution >= 4 is 18.3 Å². The Morgan fingerprint density at radius 3 is 2.64 bits per heavy atom. The number of hydrogen-bond donors (Lipinski definition) is 1. The van der Waals surface area contributed by atoms with Crippen molar-refractivity contribution in [2.24, 2.45) is 11.7 Å². The van der Waals surface area contributed by atoms with E-state index in [1.54, 1.807) is 11.0 Å². The van der Waals surface area contributed by atoms with E-state index in [0.717, 1.165) is 25.0 Å². The lowest BCUT2D eigenvalue weighted by atomic mass is 9.89. The maximum Gasteiger partial charge on any atom is 0.416 e. The minimum absolute atomic E-state index is 0. The van der Waals surface area contributed by atoms with E-state index in [0.29, 0.717) is 25.1 Å². The highest BCUT2D eigenvalue weighted by molar-refractivity contribution is 5.85. The van der Waals surface area contributed by atoms with Crippen molar-refractivity contribution in [3.8, 4) is 0 Å². The lowest BCUT2D eigenvalue weighted by molar-refractivity contribution is -0.138. The normalized spacial score (nSPS) is 20.6. The number of hydrogen-bond acceptors (Lipinski definition) is 2. The van der Waals surface area contributed by atoms with Gasteiger partial charge < -0.3 is 10.6 Å². The molecule has 1 aromatic rings. The maximum atomic E-state index is 12.9. The van der Waals surface area contributed by atoms with Gasteiger partial charge in [0.25, 0.3) is 0 Å². The molecule has 25 heavy (non-hydrogen) atoms. The minimum Gasteiger partial charge on any atom is -0.342 e. The number of piperidine rings is 1. The first-order valence-corrected chi connectivity index (χ1v) is 8.45. The largest absolute Gasteiger partial charge is 0.416 e. The van der Waals surface area contributed by atoms with Crippen molar-refractivity contribution < 1.29 is 18.0 Å². The number of benzene rings is 1. The van der Waals surface area contributed by atoms with E-state index in [-0.39, 0.29) is 30.3 Å². The lowest BCUT2D eigenvalue weighted by Gasteiger charge is -2.36. The molecule has 1 aliphatic heterocycles. The van der Waals surface area contributed by atoms with Crippen molar-refractivity contribution in [3.05, 3.63) is 35.4 Å². The Morgan fingerprint density at radius 2 is 2.08 bits per heavy atom. The van der Waals surface area contributed by atoms with Gasteiger partial charge >= 0.3 is 6.18 Å². The van der Waals surface area contributed by atoms with Gasteiger partial charge in [-0.1, -0.05) is 25.1 Å². The average Bonchev–Trinajstić information content (AvgIpc) is 2.55. The molecule has 1 heterocycles. The second-order valence-electron chi connectivity index (χ2n) is 6.63. The Bertz CT molecular complexity index is 578. The summed E-state index contributed by atoms with van der Waals surface area (Å²) in [6.07, 6.45) is -2.05. The third-order valence-electron chi connectivity index (χ3n) is 4.84. The van der Waals surface area contributed by atoms with Crippen molar-refractivity contribution in [2.75, 3.05) is 13.1 Å². The van der Waals surface area contributed by atoms with Gasteiger partial charge in [-0.3, -0.25) is 4.79 Å². The van der Waals surface area contributed by atoms with E-state index in [1.807, 2.05) is 13.8 Å². The van der Waals surface area contributed by atoms with Gasteiger partial charge in [0.2, 0.25) is 5.91 Å². The summed E-state index contributed by atoms with van der Waals surface area (Å²) >= 11 is 0. The summed E-state index contributed by atoms with van der Waals surface area (Å²) in [7, 11) is 0. The lowest BCUT2D eigenvalue weighted by Crippen LogP contribution is -2.46. The Kier molecular flexibility index (Phi) is 7.75. The van der Waals surface area contributed by atoms with Crippen LogP contribution >= 0.6 is 12.4 Å². The zero-order chi connectivity index (χ0) is 17.9. The monoisotopic (exact) mass is 378 g/mol. The van der Waals surface area contributed by atoms with Crippen LogP contribution in [-0.4, -0.2) is 29.9 Å². The molecule has 3 nitrogen and oxygen atoms in total. The van der Waals surface area contributed by atoms with Crippen LogP contribution in [0.5, 0.6) is 0 Å². The fraction of sp³-hybridized carbons (Fsp3) is 0.611. The predicted octanol–water partition coefficient (Wildman–Crippen LogP) is 4.21. The van der Waals surface area contributed by atoms with Gasteiger partial charge in [0.05, 0.1) is 11.5 Å². The number of nitrogens with two attached hydrogens (primary N) is 1. The highest BCUT2D eigenvalue weighted by Crippen LogP contribution is 2.33. The Balaban J connectivity index is 0.00000312. The first kappa shape index (κ1) is 21.8. The predicted molar refractivity (Wildman–Crippen MR) is 94.7 cm³/mol. The molecule has 7 heteroatoms. The van der Waals surface area contributed by atoms with Gasteiger partial charge in [-0.25, -0.2) is 0 Å². The first-order valence-electron chi connectivity index (χ1n) is 8.45. The number of amides is 1. The summed E-state index contributed by atoms with van der Waals surface area (Å²) in [5.41, 5.74) is 5.67. The molecule has 0 bridgehead atoms. The molecule has 0 aliphatic carbocycles. The fourth-order valence-corrected chi connectivity index (χ4v) is 3.34. The standard InChI is InChI=1S/C18H25F3N2O.ClH/c1-3-16(13-6-4-8-15(10-13)18(19,20)21)17(24)23-9-5-7-14(11-23)12(2)22;/h4,6,8,10,12,14,16H,3,5,7,9,11,22H2,1-2H3;1H. The highest BCUT2D eigenvalue weighted by Gasteiger charge is 2.33. The summed E-state index contributed by atoms with van der Waals surface area (Å²) in [5.74, 6) is -0.386. The molecule has 1 aromatic carbocycles. The van der Waals surface area contributed by atoms with Crippen LogP contribution in [0.1, 0.15) is 50.2 Å². The van der Waals surface area contributed by atoms with Crippen LogP contribution in [0.2, 0.25) is 0 Å². The molecule has 2 N–H and O–H groups in total. The van der Waals surface area contributed by atoms with E-state index >= 15 is 0 Å². The smallest absolute Gasteiger partial charge is 0.342 e. The number of nitrogens with zero attached hydrogens (tertiary/aromatic N) is 1. The van der Waals surface area contributed by atoms with Gasteiger partial charge in [0, 0.05) is 19.1 Å². The molecule has 2 rings (SSSR count). The molecule has 1 saturated heterocycles. The van der Waals surface area contributed by atoms with Gasteiger partial charge in [-0.2, -0.15) is 13.2 Å². The number of carbonyl (C=O) groups excluding carboxylic acids is 1. The minimum atomic E-state index is -4.40. The molecule has 0 saturated carbocycles. The van der Waals surface area contributed by atoms with Crippen LogP contribution in [0.3, 0.4) is 0 Å². The molecule has 0 radical (unpaired) electrons. The molecule has 0 aromatic heterocycles. The number of rotatable bonds is 4. The van der Waals surface area contributed by atoms with E-state index in [4.69, 9.17) is 5.73 Å². The Labute approximate surface area is 153 Å². The zero-order valence-electron chi connectivity index (χ0n) is 14.6. The number of alkyl halides is 3. The molecule has 1 fully saturated rings. The first-order chi connectivity index (χ1) is 11.2. The van der Waals surface area contributed by atoms with Crippen molar-refractivity contribution in [1.29, 1.82) is 0 Å². The zero-order valence-corrected chi connectivity index (χ0v) is 15.4. The summed E-state index contributed by atoms with van der Waals surface area (Å²) in [4.78, 5) is 14.6. The Hall–Kier alpha value is -1.27. The molecule has 3 unspecified atom stereocenters. The SMILES string of the molecule is CCC(C(=O)N1CCCC(C(C)N)C1)c1cccc(C(F)(F)F)c1.Cl. The van der Waals surface area contributed by atoms with E-state index in [1.165, 1.54) is 6.07 Å². The molecule has 1 aliphatic rings. The maximum absolute atomic E-state index is 12.9. The van der Waals surface area contributed by atoms with Crippen LogP contribution < -0.4 is 5.73 Å². The van der Waals surface area contributed by atoms with Crippen molar-refractivity contribution in [2.45, 2.75) is 51.2 Å². The van der Waals surface area contributed by atoms with Crippen LogP contribution in [0.25, 0.3) is 0 Å². The summed E-state index contributed by atoms with van der Waals surface area (Å²) in [6.45, 7) is 5.00. The summed E-state index contributed by atoms with van der Waals surface area (Å²) < 4.78 is 38.8. The van der Waals surface area contributed by atoms with Crippen molar-refractivity contribution in [3.63, 3.8) is 0 Å². The van der Waals surface area contributed by atoms with Gasteiger partial charge in [0.1, 0.15) is 0 Å². The van der Waals surface area contributed by atoms with Crippen molar-refractivity contribution in [1.82, 2.24) is 4.90 Å². The Morgan fingerprint density at radius 1 is 1.40 bits per heavy atom. The second kappa shape index (κ2) is 8.90. The average molecular weight is 379 g/mol. The van der Waals surface area contributed by atoms with Gasteiger partial charge in [0.15, 0.2) is 0 Å². The highest BCUT2D eigenvalue weighted by atomic mass is 35.5. The van der Waals surface area contributed by atoms with Crippen LogP contribution in [0, 0.1) is 5.92 Å². The van der Waals surface area contributed by atoms with Gasteiger partial charge in [-0.15, -0.1) is 12.4 Å². The summed E-state index contributed by atoms with van der Waals surface area (Å²) in [6, 6.07) is 5.12. The van der Waals surface area contributed by atoms with E-state index in [2.05, 4.69) is 0 Å². The molecule has 3 atom stereocenters. The molecule has 142 valence electrons. The topological polar surface area (TPSA) is 46.3 Å². The number of carbonyl (C=O) groups is 1. The second-order valence-corrected chi connectivity index (χ2v) is 6.63. The van der Waals surface area contributed by atoms with Crippen LogP contribution in [0.15, 0.2) is 24.3 Å². The quantitative estimate of drug-likeness (QED) is 0.853. The number of likely N-dealkylation sites (tertiary alicyclic amines) is 1. The third kappa shape index (κ3) is 5.35. The number of halogens is 4. The van der Waals surface area contributed by atoms with Gasteiger partial charge in [-0.05, 0) is 43.7 Å². The molecular formula is C18H26ClF3N2O. The van der Waals surface area contributed by atoms with E-state index < -0.39 is 17.7 Å². The molecule has 1 amide bonds. The molecule has 0 spiro atoms. The van der Waals surface area contributed by atoms with E-state index in [9.17, 15) is 18.0 Å². The van der Waals surface area contributed by atoms with Crippen LogP contribution in [-0.2, 0) is 11.0 Å². The van der Waals surface area contributed by atoms with Crippen LogP contribution in [0.4, 0.5) is 13.2 Å². The fourth-order valence-electron chi connectivity index (χ4n) is 3.34.